The number of hydrogen-bond acceptors (Lipinski definition) is 4. The van der Waals surface area contributed by atoms with Crippen LogP contribution in [0.1, 0.15) is 19.8 Å². The van der Waals surface area contributed by atoms with E-state index < -0.39 is 12.7 Å². The van der Waals surface area contributed by atoms with Crippen LogP contribution >= 0.6 is 24.0 Å². The van der Waals surface area contributed by atoms with E-state index in [0.29, 0.717) is 50.9 Å². The van der Waals surface area contributed by atoms with E-state index in [1.807, 2.05) is 11.8 Å². The van der Waals surface area contributed by atoms with E-state index >= 15 is 0 Å². The Labute approximate surface area is 185 Å². The molecule has 2 atom stereocenters. The number of guanidine groups is 1. The Morgan fingerprint density at radius 2 is 1.90 bits per heavy atom. The van der Waals surface area contributed by atoms with Gasteiger partial charge in [-0.05, 0) is 31.9 Å². The SMILES string of the molecule is CCN=C(NC1CCN(CC(F)(F)F)C1)NC1CCN(c2ncccc2F)C1.I. The third-order valence-corrected chi connectivity index (χ3v) is 4.90. The lowest BCUT2D eigenvalue weighted by Gasteiger charge is -2.22. The number of likely N-dealkylation sites (tertiary alicyclic amines) is 1. The number of nitrogens with one attached hydrogen (secondary N) is 2. The molecule has 0 radical (unpaired) electrons. The molecule has 1 aromatic heterocycles. The van der Waals surface area contributed by atoms with Gasteiger partial charge in [-0.2, -0.15) is 13.2 Å². The number of halogens is 5. The topological polar surface area (TPSA) is 55.8 Å². The summed E-state index contributed by atoms with van der Waals surface area (Å²) in [6.45, 7) is 3.58. The average molecular weight is 530 g/mol. The second-order valence-corrected chi connectivity index (χ2v) is 7.19. The molecule has 2 N–H and O–H groups in total. The molecule has 2 unspecified atom stereocenters. The molecule has 0 amide bonds. The average Bonchev–Trinajstić information content (AvgIpc) is 3.24. The smallest absolute Gasteiger partial charge is 0.352 e. The molecule has 3 rings (SSSR count). The van der Waals surface area contributed by atoms with Crippen LogP contribution in [0.5, 0.6) is 0 Å². The normalized spacial score (nSPS) is 23.2. The molecule has 0 bridgehead atoms. The van der Waals surface area contributed by atoms with Crippen molar-refractivity contribution in [1.82, 2.24) is 20.5 Å². The summed E-state index contributed by atoms with van der Waals surface area (Å²) >= 11 is 0. The van der Waals surface area contributed by atoms with Gasteiger partial charge in [0.25, 0.3) is 0 Å². The van der Waals surface area contributed by atoms with E-state index in [0.717, 1.165) is 6.42 Å². The van der Waals surface area contributed by atoms with Crippen LogP contribution in [-0.2, 0) is 0 Å². The van der Waals surface area contributed by atoms with E-state index in [9.17, 15) is 17.6 Å². The second kappa shape index (κ2) is 10.6. The van der Waals surface area contributed by atoms with Crippen molar-refractivity contribution in [2.45, 2.75) is 38.0 Å². The first kappa shape index (κ1) is 23.9. The van der Waals surface area contributed by atoms with Crippen LogP contribution in [0, 0.1) is 5.82 Å². The molecule has 0 aromatic carbocycles. The fraction of sp³-hybridized carbons (Fsp3) is 0.667. The third-order valence-electron chi connectivity index (χ3n) is 4.90. The number of aromatic nitrogens is 1. The highest BCUT2D eigenvalue weighted by Gasteiger charge is 2.35. The Balaban J connectivity index is 0.00000300. The van der Waals surface area contributed by atoms with Gasteiger partial charge in [-0.1, -0.05) is 0 Å². The van der Waals surface area contributed by atoms with Crippen molar-refractivity contribution in [1.29, 1.82) is 0 Å². The van der Waals surface area contributed by atoms with E-state index in [4.69, 9.17) is 0 Å². The van der Waals surface area contributed by atoms with Crippen LogP contribution in [0.25, 0.3) is 0 Å². The van der Waals surface area contributed by atoms with Gasteiger partial charge in [-0.15, -0.1) is 24.0 Å². The van der Waals surface area contributed by atoms with Crippen molar-refractivity contribution in [2.75, 3.05) is 44.2 Å². The summed E-state index contributed by atoms with van der Waals surface area (Å²) in [7, 11) is 0. The summed E-state index contributed by atoms with van der Waals surface area (Å²) in [4.78, 5) is 11.8. The number of anilines is 1. The standard InChI is InChI=1S/C18H26F4N6.HI/c1-2-23-17(25-13-5-8-27(10-13)12-18(20,21)22)26-14-6-9-28(11-14)16-15(19)4-3-7-24-16;/h3-4,7,13-14H,2,5-6,8-12H2,1H3,(H2,23,25,26);1H. The molecule has 6 nitrogen and oxygen atoms in total. The van der Waals surface area contributed by atoms with E-state index in [1.165, 1.54) is 11.0 Å². The maximum absolute atomic E-state index is 13.9. The first-order chi connectivity index (χ1) is 13.3. The van der Waals surface area contributed by atoms with Gasteiger partial charge < -0.3 is 15.5 Å². The van der Waals surface area contributed by atoms with Gasteiger partial charge in [0.2, 0.25) is 0 Å². The molecule has 2 saturated heterocycles. The highest BCUT2D eigenvalue weighted by Crippen LogP contribution is 2.21. The maximum Gasteiger partial charge on any atom is 0.401 e. The summed E-state index contributed by atoms with van der Waals surface area (Å²) in [6, 6.07) is 2.93. The molecule has 11 heteroatoms. The molecule has 29 heavy (non-hydrogen) atoms. The van der Waals surface area contributed by atoms with Gasteiger partial charge >= 0.3 is 6.18 Å². The highest BCUT2D eigenvalue weighted by atomic mass is 127. The predicted molar refractivity (Wildman–Crippen MR) is 115 cm³/mol. The van der Waals surface area contributed by atoms with E-state index in [1.54, 1.807) is 12.3 Å². The Morgan fingerprint density at radius 1 is 1.21 bits per heavy atom. The van der Waals surface area contributed by atoms with Crippen molar-refractivity contribution >= 4 is 35.8 Å². The Bertz CT molecular complexity index is 687. The number of aliphatic imine (C=N–C) groups is 1. The fourth-order valence-corrected chi connectivity index (χ4v) is 3.71. The number of hydrogen-bond donors (Lipinski definition) is 2. The first-order valence-electron chi connectivity index (χ1n) is 9.56. The zero-order chi connectivity index (χ0) is 20.1. The largest absolute Gasteiger partial charge is 0.401 e. The molecule has 0 aliphatic carbocycles. The zero-order valence-electron chi connectivity index (χ0n) is 16.3. The molecule has 0 saturated carbocycles. The predicted octanol–water partition coefficient (Wildman–Crippen LogP) is 2.61. The van der Waals surface area contributed by atoms with Crippen LogP contribution in [0.3, 0.4) is 0 Å². The van der Waals surface area contributed by atoms with Crippen molar-refractivity contribution in [3.05, 3.63) is 24.1 Å². The van der Waals surface area contributed by atoms with Crippen LogP contribution in [-0.4, -0.2) is 73.4 Å². The van der Waals surface area contributed by atoms with Crippen LogP contribution in [0.2, 0.25) is 0 Å². The van der Waals surface area contributed by atoms with E-state index in [2.05, 4.69) is 20.6 Å². The minimum Gasteiger partial charge on any atom is -0.352 e. The van der Waals surface area contributed by atoms with Crippen molar-refractivity contribution in [3.8, 4) is 0 Å². The highest BCUT2D eigenvalue weighted by molar-refractivity contribution is 14.0. The summed E-state index contributed by atoms with van der Waals surface area (Å²) in [5.41, 5.74) is 0. The molecule has 2 aliphatic rings. The molecule has 0 spiro atoms. The van der Waals surface area contributed by atoms with Gasteiger partial charge in [0.05, 0.1) is 6.54 Å². The van der Waals surface area contributed by atoms with Crippen molar-refractivity contribution in [2.24, 2.45) is 4.99 Å². The Morgan fingerprint density at radius 3 is 2.55 bits per heavy atom. The number of pyridine rings is 1. The third kappa shape index (κ3) is 7.12. The van der Waals surface area contributed by atoms with Crippen LogP contribution in [0.15, 0.2) is 23.3 Å². The van der Waals surface area contributed by atoms with Gasteiger partial charge in [0.15, 0.2) is 17.6 Å². The number of nitrogens with zero attached hydrogens (tertiary/aromatic N) is 4. The Kier molecular flexibility index (Phi) is 8.73. The van der Waals surface area contributed by atoms with Gasteiger partial charge in [0.1, 0.15) is 0 Å². The minimum atomic E-state index is -4.18. The molecular formula is C18H27F4IN6. The summed E-state index contributed by atoms with van der Waals surface area (Å²) in [5.74, 6) is 0.585. The molecular weight excluding hydrogens is 503 g/mol. The minimum absolute atomic E-state index is 0. The number of rotatable bonds is 5. The molecule has 3 heterocycles. The van der Waals surface area contributed by atoms with Crippen molar-refractivity contribution in [3.63, 3.8) is 0 Å². The molecule has 164 valence electrons. The summed E-state index contributed by atoms with van der Waals surface area (Å²) in [6.07, 6.45) is -1.18. The Hall–Kier alpha value is -1.37. The number of alkyl halides is 3. The zero-order valence-corrected chi connectivity index (χ0v) is 18.6. The summed E-state index contributed by atoms with van der Waals surface area (Å²) in [5, 5.41) is 6.58. The second-order valence-electron chi connectivity index (χ2n) is 7.19. The fourth-order valence-electron chi connectivity index (χ4n) is 3.71. The van der Waals surface area contributed by atoms with E-state index in [-0.39, 0.29) is 41.9 Å². The van der Waals surface area contributed by atoms with Crippen LogP contribution in [0.4, 0.5) is 23.4 Å². The first-order valence-corrected chi connectivity index (χ1v) is 9.56. The molecule has 1 aromatic rings. The van der Waals surface area contributed by atoms with Gasteiger partial charge in [0, 0.05) is 51.0 Å². The summed E-state index contributed by atoms with van der Waals surface area (Å²) < 4.78 is 51.6. The quantitative estimate of drug-likeness (QED) is 0.266. The van der Waals surface area contributed by atoms with Gasteiger partial charge in [-0.25, -0.2) is 9.37 Å². The van der Waals surface area contributed by atoms with Crippen molar-refractivity contribution < 1.29 is 17.6 Å². The lowest BCUT2D eigenvalue weighted by atomic mass is 10.2. The van der Waals surface area contributed by atoms with Crippen LogP contribution < -0.4 is 15.5 Å². The monoisotopic (exact) mass is 530 g/mol. The lowest BCUT2D eigenvalue weighted by Crippen LogP contribution is -2.49. The lowest BCUT2D eigenvalue weighted by molar-refractivity contribution is -0.143. The molecule has 2 aliphatic heterocycles. The van der Waals surface area contributed by atoms with Gasteiger partial charge in [-0.3, -0.25) is 9.89 Å². The maximum atomic E-state index is 13.9. The molecule has 2 fully saturated rings.